The molecule has 1 N–H and O–H groups in total. The molecule has 0 radical (unpaired) electrons. The highest BCUT2D eigenvalue weighted by molar-refractivity contribution is 5.98. The Morgan fingerprint density at radius 3 is 2.47 bits per heavy atom. The van der Waals surface area contributed by atoms with Crippen LogP contribution in [0.4, 0.5) is 0 Å². The third-order valence-electron chi connectivity index (χ3n) is 9.02. The van der Waals surface area contributed by atoms with E-state index in [1.165, 1.54) is 19.3 Å². The molecule has 3 saturated carbocycles. The van der Waals surface area contributed by atoms with E-state index in [1.807, 2.05) is 32.0 Å². The Balaban J connectivity index is 1.26. The summed E-state index contributed by atoms with van der Waals surface area (Å²) in [5, 5.41) is 3.13. The van der Waals surface area contributed by atoms with Crippen molar-refractivity contribution in [2.45, 2.75) is 90.0 Å². The van der Waals surface area contributed by atoms with Crippen molar-refractivity contribution in [1.82, 2.24) is 10.2 Å². The number of nitrogens with zero attached hydrogens (tertiary/aromatic N) is 1. The van der Waals surface area contributed by atoms with Crippen molar-refractivity contribution in [1.29, 1.82) is 0 Å². The number of rotatable bonds is 7. The van der Waals surface area contributed by atoms with Gasteiger partial charge in [0.2, 0.25) is 5.91 Å². The molecule has 1 aliphatic heterocycles. The number of Topliss-reactive ketones (excluding diaryl/α,β-unsaturated/α-hetero) is 1. The average Bonchev–Trinajstić information content (AvgIpc) is 3.80. The van der Waals surface area contributed by atoms with Crippen molar-refractivity contribution >= 4 is 17.6 Å². The summed E-state index contributed by atoms with van der Waals surface area (Å²) in [5.74, 6) is 1.05. The van der Waals surface area contributed by atoms with E-state index >= 15 is 0 Å². The molecule has 184 valence electrons. The van der Waals surface area contributed by atoms with E-state index in [0.717, 1.165) is 63.6 Å². The number of benzene rings is 1. The summed E-state index contributed by atoms with van der Waals surface area (Å²) in [5.41, 5.74) is 2.15. The Labute approximate surface area is 204 Å². The Hall–Kier alpha value is -2.17. The third kappa shape index (κ3) is 4.81. The second kappa shape index (κ2) is 9.47. The fourth-order valence-corrected chi connectivity index (χ4v) is 6.49. The number of carbonyl (C=O) groups is 3. The smallest absolute Gasteiger partial charge is 0.251 e. The lowest BCUT2D eigenvalue weighted by Crippen LogP contribution is -2.48. The van der Waals surface area contributed by atoms with Crippen LogP contribution in [0, 0.1) is 23.2 Å². The number of ketones is 1. The summed E-state index contributed by atoms with van der Waals surface area (Å²) in [6.45, 7) is 5.47. The van der Waals surface area contributed by atoms with Crippen molar-refractivity contribution in [2.24, 2.45) is 23.2 Å². The number of hydrogen-bond donors (Lipinski definition) is 1. The molecule has 5 rings (SSSR count). The summed E-state index contributed by atoms with van der Waals surface area (Å²) in [7, 11) is 0. The molecule has 1 heterocycles. The Morgan fingerprint density at radius 2 is 1.79 bits per heavy atom. The molecule has 2 unspecified atom stereocenters. The maximum Gasteiger partial charge on any atom is 0.251 e. The van der Waals surface area contributed by atoms with Gasteiger partial charge in [-0.1, -0.05) is 45.2 Å². The molecular formula is C29H40N2O3. The molecule has 34 heavy (non-hydrogen) atoms. The number of carbonyl (C=O) groups excluding carboxylic acids is 3. The lowest BCUT2D eigenvalue weighted by Gasteiger charge is -2.33. The zero-order chi connectivity index (χ0) is 23.9. The van der Waals surface area contributed by atoms with Gasteiger partial charge in [-0.15, -0.1) is 0 Å². The lowest BCUT2D eigenvalue weighted by atomic mass is 9.80. The predicted octanol–water partition coefficient (Wildman–Crippen LogP) is 5.10. The standard InChI is InChI=1S/C29H40N2O3/c1-19(2)26(32)25(20-8-4-3-5-9-20)30-27(33)22-11-6-10-21(16-22)23-12-7-15-31(18-23)28(34)24-17-29(24)13-14-29/h6,10-11,16,19-20,23-25H,3-5,7-9,12-15,17-18H2,1-2H3,(H,30,33)/t23?,24?,25-/m1/s1. The van der Waals surface area contributed by atoms with Crippen LogP contribution in [0.5, 0.6) is 0 Å². The summed E-state index contributed by atoms with van der Waals surface area (Å²) in [6.07, 6.45) is 11.1. The van der Waals surface area contributed by atoms with E-state index in [-0.39, 0.29) is 35.4 Å². The van der Waals surface area contributed by atoms with Gasteiger partial charge in [-0.3, -0.25) is 14.4 Å². The maximum absolute atomic E-state index is 13.3. The molecule has 3 aliphatic carbocycles. The number of likely N-dealkylation sites (tertiary alicyclic amines) is 1. The van der Waals surface area contributed by atoms with Crippen molar-refractivity contribution in [3.63, 3.8) is 0 Å². The topological polar surface area (TPSA) is 66.5 Å². The number of piperidine rings is 1. The molecule has 0 bridgehead atoms. The van der Waals surface area contributed by atoms with E-state index in [1.54, 1.807) is 0 Å². The lowest BCUT2D eigenvalue weighted by molar-refractivity contribution is -0.134. The molecular weight excluding hydrogens is 424 g/mol. The van der Waals surface area contributed by atoms with Gasteiger partial charge in [0.15, 0.2) is 5.78 Å². The van der Waals surface area contributed by atoms with Gasteiger partial charge in [-0.05, 0) is 74.0 Å². The van der Waals surface area contributed by atoms with Crippen molar-refractivity contribution in [3.8, 4) is 0 Å². The van der Waals surface area contributed by atoms with Gasteiger partial charge in [0.1, 0.15) is 0 Å². The normalized spacial score (nSPS) is 26.9. The fourth-order valence-electron chi connectivity index (χ4n) is 6.49. The number of amides is 2. The van der Waals surface area contributed by atoms with E-state index in [9.17, 15) is 14.4 Å². The van der Waals surface area contributed by atoms with Crippen LogP contribution in [0.25, 0.3) is 0 Å². The van der Waals surface area contributed by atoms with E-state index in [2.05, 4.69) is 16.3 Å². The second-order valence-electron chi connectivity index (χ2n) is 11.8. The summed E-state index contributed by atoms with van der Waals surface area (Å²) < 4.78 is 0. The van der Waals surface area contributed by atoms with Gasteiger partial charge in [-0.2, -0.15) is 0 Å². The van der Waals surface area contributed by atoms with Gasteiger partial charge in [-0.25, -0.2) is 0 Å². The molecule has 1 spiro atoms. The van der Waals surface area contributed by atoms with Gasteiger partial charge in [0.25, 0.3) is 5.91 Å². The molecule has 1 aromatic carbocycles. The zero-order valence-corrected chi connectivity index (χ0v) is 20.9. The first-order valence-corrected chi connectivity index (χ1v) is 13.6. The highest BCUT2D eigenvalue weighted by atomic mass is 16.2. The third-order valence-corrected chi connectivity index (χ3v) is 9.02. The molecule has 1 aromatic rings. The maximum atomic E-state index is 13.3. The van der Waals surface area contributed by atoms with Gasteiger partial charge in [0.05, 0.1) is 6.04 Å². The van der Waals surface area contributed by atoms with Crippen molar-refractivity contribution in [3.05, 3.63) is 35.4 Å². The predicted molar refractivity (Wildman–Crippen MR) is 132 cm³/mol. The van der Waals surface area contributed by atoms with Crippen LogP contribution in [-0.2, 0) is 9.59 Å². The monoisotopic (exact) mass is 464 g/mol. The summed E-state index contributed by atoms with van der Waals surface area (Å²) in [6, 6.07) is 7.49. The second-order valence-corrected chi connectivity index (χ2v) is 11.8. The molecule has 4 fully saturated rings. The quantitative estimate of drug-likeness (QED) is 0.611. The molecule has 3 atom stereocenters. The minimum atomic E-state index is -0.396. The van der Waals surface area contributed by atoms with Crippen LogP contribution in [0.2, 0.25) is 0 Å². The van der Waals surface area contributed by atoms with E-state index < -0.39 is 6.04 Å². The van der Waals surface area contributed by atoms with Crippen molar-refractivity contribution in [2.75, 3.05) is 13.1 Å². The van der Waals surface area contributed by atoms with E-state index in [0.29, 0.717) is 16.9 Å². The number of hydrogen-bond acceptors (Lipinski definition) is 3. The average molecular weight is 465 g/mol. The number of nitrogens with one attached hydrogen (secondary N) is 1. The highest BCUT2D eigenvalue weighted by Gasteiger charge is 2.66. The SMILES string of the molecule is CC(C)C(=O)[C@H](NC(=O)c1cccc(C2CCCN(C(=O)C3CC34CC4)C2)c1)C1CCCCC1. The van der Waals surface area contributed by atoms with Crippen molar-refractivity contribution < 1.29 is 14.4 Å². The van der Waals surface area contributed by atoms with Crippen LogP contribution in [-0.4, -0.2) is 41.6 Å². The van der Waals surface area contributed by atoms with Crippen LogP contribution in [0.3, 0.4) is 0 Å². The molecule has 5 heteroatoms. The van der Waals surface area contributed by atoms with Crippen LogP contribution < -0.4 is 5.32 Å². The molecule has 1 saturated heterocycles. The van der Waals surface area contributed by atoms with Crippen LogP contribution in [0.15, 0.2) is 24.3 Å². The first-order chi connectivity index (χ1) is 16.4. The Morgan fingerprint density at radius 1 is 1.03 bits per heavy atom. The minimum absolute atomic E-state index is 0.0921. The molecule has 5 nitrogen and oxygen atoms in total. The van der Waals surface area contributed by atoms with Crippen LogP contribution >= 0.6 is 0 Å². The zero-order valence-electron chi connectivity index (χ0n) is 20.9. The highest BCUT2D eigenvalue weighted by Crippen LogP contribution is 2.71. The molecule has 2 amide bonds. The molecule has 0 aromatic heterocycles. The first kappa shape index (κ1) is 23.6. The summed E-state index contributed by atoms with van der Waals surface area (Å²) >= 11 is 0. The summed E-state index contributed by atoms with van der Waals surface area (Å²) in [4.78, 5) is 41.3. The molecule has 4 aliphatic rings. The fraction of sp³-hybridized carbons (Fsp3) is 0.690. The Bertz CT molecular complexity index is 944. The Kier molecular flexibility index (Phi) is 6.56. The van der Waals surface area contributed by atoms with Crippen LogP contribution in [0.1, 0.15) is 99.9 Å². The van der Waals surface area contributed by atoms with Gasteiger partial charge in [0, 0.05) is 36.4 Å². The van der Waals surface area contributed by atoms with Gasteiger partial charge >= 0.3 is 0 Å². The van der Waals surface area contributed by atoms with Gasteiger partial charge < -0.3 is 10.2 Å². The van der Waals surface area contributed by atoms with E-state index in [4.69, 9.17) is 0 Å². The first-order valence-electron chi connectivity index (χ1n) is 13.6. The largest absolute Gasteiger partial charge is 0.342 e. The minimum Gasteiger partial charge on any atom is -0.342 e.